The number of anilines is 2. The molecule has 3 aromatic rings. The van der Waals surface area contributed by atoms with Gasteiger partial charge in [0.05, 0.1) is 10.6 Å². The second-order valence-corrected chi connectivity index (χ2v) is 11.9. The molecule has 0 saturated heterocycles. The number of hydrogen-bond donors (Lipinski definition) is 2. The van der Waals surface area contributed by atoms with E-state index in [9.17, 15) is 9.59 Å². The number of Topliss-reactive ketones (excluding diaryl/α,β-unsaturated/α-hetero) is 1. The van der Waals surface area contributed by atoms with E-state index in [0.717, 1.165) is 52.2 Å². The normalized spacial score (nSPS) is 13.4. The van der Waals surface area contributed by atoms with Crippen molar-refractivity contribution >= 4 is 40.1 Å². The Morgan fingerprint density at radius 1 is 1.10 bits per heavy atom. The second kappa shape index (κ2) is 15.6. The van der Waals surface area contributed by atoms with Crippen molar-refractivity contribution in [2.24, 2.45) is 0 Å². The standard InChI is InChI=1S/C33H40N4O2S.C2H6/c1-7-25(17-29(23(5)38)35-32-16-15-24(19-34-32)20-37(6)21(2)3)27-12-10-13-28(22(27)4)36-33(39)31-18-26-11-8-9-14-30(26)40-31;1-2/h7,10,12-13,15-19,21H,8-9,11,14,20H2,1-6H3,(H,34,35)(H,36,39);1-2H3/b25-7+,29-17+;. The van der Waals surface area contributed by atoms with Gasteiger partial charge in [0.2, 0.25) is 0 Å². The van der Waals surface area contributed by atoms with Gasteiger partial charge in [0, 0.05) is 36.3 Å². The molecule has 2 N–H and O–H groups in total. The predicted octanol–water partition coefficient (Wildman–Crippen LogP) is 8.44. The third-order valence-electron chi connectivity index (χ3n) is 7.50. The molecule has 1 aliphatic rings. The number of pyridine rings is 1. The van der Waals surface area contributed by atoms with E-state index in [1.165, 1.54) is 23.3 Å². The Morgan fingerprint density at radius 2 is 1.83 bits per heavy atom. The van der Waals surface area contributed by atoms with Crippen LogP contribution in [0.3, 0.4) is 0 Å². The molecule has 224 valence electrons. The molecule has 4 rings (SSSR count). The van der Waals surface area contributed by atoms with Crippen molar-refractivity contribution in [3.05, 3.63) is 92.5 Å². The van der Waals surface area contributed by atoms with E-state index < -0.39 is 0 Å². The molecule has 6 nitrogen and oxygen atoms in total. The van der Waals surface area contributed by atoms with Crippen molar-refractivity contribution in [3.63, 3.8) is 0 Å². The Morgan fingerprint density at radius 3 is 2.45 bits per heavy atom. The lowest BCUT2D eigenvalue weighted by molar-refractivity contribution is -0.113. The molecule has 0 bridgehead atoms. The quantitative estimate of drug-likeness (QED) is 0.184. The number of thiophene rings is 1. The van der Waals surface area contributed by atoms with Gasteiger partial charge in [0.1, 0.15) is 5.82 Å². The summed E-state index contributed by atoms with van der Waals surface area (Å²) in [6, 6.07) is 12.3. The molecular formula is C35H46N4O2S. The molecule has 2 aromatic heterocycles. The van der Waals surface area contributed by atoms with Gasteiger partial charge in [-0.05, 0) is 113 Å². The molecule has 42 heavy (non-hydrogen) atoms. The van der Waals surface area contributed by atoms with Crippen LogP contribution in [0.1, 0.15) is 91.2 Å². The number of nitrogens with zero attached hydrogens (tertiary/aromatic N) is 2. The molecule has 0 aliphatic heterocycles. The summed E-state index contributed by atoms with van der Waals surface area (Å²) < 4.78 is 0. The molecule has 0 unspecified atom stereocenters. The van der Waals surface area contributed by atoms with Crippen molar-refractivity contribution in [2.75, 3.05) is 17.7 Å². The van der Waals surface area contributed by atoms with Crippen molar-refractivity contribution < 1.29 is 9.59 Å². The molecule has 0 fully saturated rings. The molecule has 0 atom stereocenters. The number of aryl methyl sites for hydroxylation is 2. The van der Waals surface area contributed by atoms with Crippen LogP contribution in [0.15, 0.2) is 60.4 Å². The van der Waals surface area contributed by atoms with Crippen LogP contribution in [0, 0.1) is 6.92 Å². The largest absolute Gasteiger partial charge is 0.337 e. The van der Waals surface area contributed by atoms with E-state index in [1.54, 1.807) is 18.3 Å². The number of carbonyl (C=O) groups is 2. The average Bonchev–Trinajstić information content (AvgIpc) is 3.43. The molecular weight excluding hydrogens is 540 g/mol. The fraction of sp³-hybridized carbons (Fsp3) is 0.400. The van der Waals surface area contributed by atoms with E-state index in [2.05, 4.69) is 47.5 Å². The number of hydrogen-bond acceptors (Lipinski definition) is 6. The number of amides is 1. The highest BCUT2D eigenvalue weighted by Crippen LogP contribution is 2.32. The zero-order valence-electron chi connectivity index (χ0n) is 26.4. The first kappa shape index (κ1) is 33.0. The summed E-state index contributed by atoms with van der Waals surface area (Å²) in [7, 11) is 2.09. The highest BCUT2D eigenvalue weighted by Gasteiger charge is 2.19. The Bertz CT molecular complexity index is 1410. The summed E-state index contributed by atoms with van der Waals surface area (Å²) in [5.74, 6) is 0.454. The monoisotopic (exact) mass is 586 g/mol. The minimum atomic E-state index is -0.0893. The van der Waals surface area contributed by atoms with Gasteiger partial charge < -0.3 is 10.6 Å². The maximum atomic E-state index is 13.1. The van der Waals surface area contributed by atoms with Gasteiger partial charge in [0.15, 0.2) is 5.78 Å². The summed E-state index contributed by atoms with van der Waals surface area (Å²) in [6.07, 6.45) is 10.2. The van der Waals surface area contributed by atoms with Gasteiger partial charge in [-0.3, -0.25) is 14.5 Å². The smallest absolute Gasteiger partial charge is 0.265 e. The van der Waals surface area contributed by atoms with Gasteiger partial charge in [-0.1, -0.05) is 38.1 Å². The number of allylic oxidation sites excluding steroid dienone is 4. The van der Waals surface area contributed by atoms with Gasteiger partial charge >= 0.3 is 0 Å². The topological polar surface area (TPSA) is 74.3 Å². The zero-order chi connectivity index (χ0) is 30.8. The van der Waals surface area contributed by atoms with E-state index in [0.29, 0.717) is 17.6 Å². The number of carbonyl (C=O) groups excluding carboxylic acids is 2. The van der Waals surface area contributed by atoms with E-state index >= 15 is 0 Å². The number of nitrogens with one attached hydrogen (secondary N) is 2. The maximum absolute atomic E-state index is 13.1. The Kier molecular flexibility index (Phi) is 12.3. The first-order chi connectivity index (χ1) is 20.2. The lowest BCUT2D eigenvalue weighted by Crippen LogP contribution is -2.25. The Hall–Kier alpha value is -3.55. The van der Waals surface area contributed by atoms with Crippen molar-refractivity contribution in [3.8, 4) is 0 Å². The molecule has 0 saturated carbocycles. The van der Waals surface area contributed by atoms with Gasteiger partial charge in [0.25, 0.3) is 5.91 Å². The molecule has 0 radical (unpaired) electrons. The Labute approximate surface area is 256 Å². The number of ketones is 1. The fourth-order valence-corrected chi connectivity index (χ4v) is 5.92. The number of aromatic nitrogens is 1. The zero-order valence-corrected chi connectivity index (χ0v) is 27.2. The summed E-state index contributed by atoms with van der Waals surface area (Å²) in [6.45, 7) is 14.6. The molecule has 1 aromatic carbocycles. The van der Waals surface area contributed by atoms with Crippen LogP contribution in [-0.2, 0) is 24.2 Å². The van der Waals surface area contributed by atoms with Crippen LogP contribution in [0.5, 0.6) is 0 Å². The maximum Gasteiger partial charge on any atom is 0.265 e. The molecule has 2 heterocycles. The third-order valence-corrected chi connectivity index (χ3v) is 8.74. The molecule has 1 amide bonds. The highest BCUT2D eigenvalue weighted by atomic mass is 32.1. The summed E-state index contributed by atoms with van der Waals surface area (Å²) in [4.78, 5) is 34.6. The molecule has 0 spiro atoms. The van der Waals surface area contributed by atoms with Gasteiger partial charge in [-0.25, -0.2) is 4.98 Å². The van der Waals surface area contributed by atoms with E-state index in [1.807, 2.05) is 76.4 Å². The average molecular weight is 587 g/mol. The predicted molar refractivity (Wildman–Crippen MR) is 178 cm³/mol. The van der Waals surface area contributed by atoms with Crippen molar-refractivity contribution in [1.82, 2.24) is 9.88 Å². The number of benzene rings is 1. The van der Waals surface area contributed by atoms with Gasteiger partial charge in [-0.2, -0.15) is 0 Å². The van der Waals surface area contributed by atoms with Crippen LogP contribution >= 0.6 is 11.3 Å². The summed E-state index contributed by atoms with van der Waals surface area (Å²) in [5.41, 5.74) is 6.43. The third kappa shape index (κ3) is 8.49. The Balaban J connectivity index is 0.00000237. The van der Waals surface area contributed by atoms with Crippen LogP contribution in [-0.4, -0.2) is 34.7 Å². The van der Waals surface area contributed by atoms with Crippen LogP contribution in [0.4, 0.5) is 11.5 Å². The van der Waals surface area contributed by atoms with E-state index in [-0.39, 0.29) is 11.7 Å². The van der Waals surface area contributed by atoms with Gasteiger partial charge in [-0.15, -0.1) is 11.3 Å². The second-order valence-electron chi connectivity index (χ2n) is 10.7. The van der Waals surface area contributed by atoms with E-state index in [4.69, 9.17) is 0 Å². The first-order valence-electron chi connectivity index (χ1n) is 15.0. The lowest BCUT2D eigenvalue weighted by atomic mass is 9.97. The van der Waals surface area contributed by atoms with Crippen molar-refractivity contribution in [2.45, 2.75) is 86.7 Å². The SMILES string of the molecule is C/C=C(\C=C(\Nc1ccc(CN(C)C(C)C)cn1)C(C)=O)c1cccc(NC(=O)c2cc3c(s2)CCCC3)c1C.CC. The van der Waals surface area contributed by atoms with Crippen LogP contribution < -0.4 is 10.6 Å². The molecule has 7 heteroatoms. The lowest BCUT2D eigenvalue weighted by Gasteiger charge is -2.20. The summed E-state index contributed by atoms with van der Waals surface area (Å²) in [5, 5.41) is 6.33. The number of fused-ring (bicyclic) bond motifs is 1. The van der Waals surface area contributed by atoms with Crippen LogP contribution in [0.25, 0.3) is 5.57 Å². The minimum absolute atomic E-state index is 0.0718. The van der Waals surface area contributed by atoms with Crippen LogP contribution in [0.2, 0.25) is 0 Å². The fourth-order valence-electron chi connectivity index (χ4n) is 4.77. The first-order valence-corrected chi connectivity index (χ1v) is 15.8. The highest BCUT2D eigenvalue weighted by molar-refractivity contribution is 7.14. The van der Waals surface area contributed by atoms with Crippen molar-refractivity contribution in [1.29, 1.82) is 0 Å². The summed E-state index contributed by atoms with van der Waals surface area (Å²) >= 11 is 1.61. The number of rotatable bonds is 10. The minimum Gasteiger partial charge on any atom is -0.337 e. The molecule has 1 aliphatic carbocycles.